The van der Waals surface area contributed by atoms with Crippen molar-refractivity contribution < 1.29 is 23.5 Å². The second kappa shape index (κ2) is 9.02. The molecule has 30 heavy (non-hydrogen) atoms. The van der Waals surface area contributed by atoms with Gasteiger partial charge in [0.1, 0.15) is 17.1 Å². The predicted molar refractivity (Wildman–Crippen MR) is 113 cm³/mol. The quantitative estimate of drug-likeness (QED) is 0.418. The van der Waals surface area contributed by atoms with Crippen LogP contribution in [-0.2, 0) is 14.4 Å². The SMILES string of the molecule is CN1C(=O)/C(=C/c2ccc(OCC(=O)Nc3ccc(F)cc3)c(Cl)c2)C(=O)NC1=S. The van der Waals surface area contributed by atoms with Gasteiger partial charge in [0.25, 0.3) is 17.7 Å². The summed E-state index contributed by atoms with van der Waals surface area (Å²) >= 11 is 11.1. The fraction of sp³-hybridized carbons (Fsp3) is 0.100. The minimum absolute atomic E-state index is 0.0304. The van der Waals surface area contributed by atoms with E-state index in [2.05, 4.69) is 10.6 Å². The van der Waals surface area contributed by atoms with Gasteiger partial charge in [-0.1, -0.05) is 17.7 Å². The molecule has 0 bridgehead atoms. The van der Waals surface area contributed by atoms with Gasteiger partial charge in [-0.15, -0.1) is 0 Å². The Labute approximate surface area is 181 Å². The normalized spacial score (nSPS) is 15.2. The average Bonchev–Trinajstić information content (AvgIpc) is 2.70. The van der Waals surface area contributed by atoms with Gasteiger partial charge in [-0.3, -0.25) is 24.6 Å². The molecule has 2 N–H and O–H groups in total. The molecule has 0 spiro atoms. The average molecular weight is 448 g/mol. The zero-order valence-corrected chi connectivity index (χ0v) is 17.1. The maximum absolute atomic E-state index is 12.9. The van der Waals surface area contributed by atoms with Gasteiger partial charge in [-0.05, 0) is 60.3 Å². The molecule has 1 heterocycles. The lowest BCUT2D eigenvalue weighted by Gasteiger charge is -2.25. The molecule has 1 aliphatic rings. The monoisotopic (exact) mass is 447 g/mol. The second-order valence-electron chi connectivity index (χ2n) is 6.22. The first-order valence-electron chi connectivity index (χ1n) is 8.57. The van der Waals surface area contributed by atoms with Gasteiger partial charge in [0, 0.05) is 12.7 Å². The second-order valence-corrected chi connectivity index (χ2v) is 7.01. The molecule has 1 saturated heterocycles. The molecule has 1 fully saturated rings. The van der Waals surface area contributed by atoms with Crippen molar-refractivity contribution in [1.29, 1.82) is 0 Å². The molecule has 0 atom stereocenters. The highest BCUT2D eigenvalue weighted by atomic mass is 35.5. The van der Waals surface area contributed by atoms with Crippen molar-refractivity contribution in [1.82, 2.24) is 10.2 Å². The molecular formula is C20H15ClFN3O4S. The van der Waals surface area contributed by atoms with E-state index in [-0.39, 0.29) is 28.1 Å². The molecule has 3 rings (SSSR count). The number of carbonyl (C=O) groups excluding carboxylic acids is 3. The van der Waals surface area contributed by atoms with Crippen molar-refractivity contribution in [2.24, 2.45) is 0 Å². The Kier molecular flexibility index (Phi) is 6.43. The number of anilines is 1. The summed E-state index contributed by atoms with van der Waals surface area (Å²) in [7, 11) is 1.46. The van der Waals surface area contributed by atoms with E-state index in [1.165, 1.54) is 49.5 Å². The lowest BCUT2D eigenvalue weighted by atomic mass is 10.1. The number of benzene rings is 2. The van der Waals surface area contributed by atoms with Gasteiger partial charge in [0.05, 0.1) is 5.02 Å². The number of thiocarbonyl (C=S) groups is 1. The van der Waals surface area contributed by atoms with Crippen LogP contribution in [0, 0.1) is 5.82 Å². The molecular weight excluding hydrogens is 433 g/mol. The maximum Gasteiger partial charge on any atom is 0.265 e. The van der Waals surface area contributed by atoms with E-state index in [0.717, 1.165) is 4.90 Å². The summed E-state index contributed by atoms with van der Waals surface area (Å²) in [6, 6.07) is 9.89. The molecule has 7 nitrogen and oxygen atoms in total. The van der Waals surface area contributed by atoms with E-state index in [0.29, 0.717) is 11.3 Å². The first-order valence-corrected chi connectivity index (χ1v) is 9.36. The van der Waals surface area contributed by atoms with Gasteiger partial charge in [0.2, 0.25) is 0 Å². The molecule has 0 saturated carbocycles. The van der Waals surface area contributed by atoms with Crippen LogP contribution >= 0.6 is 23.8 Å². The van der Waals surface area contributed by atoms with Crippen LogP contribution in [0.3, 0.4) is 0 Å². The van der Waals surface area contributed by atoms with Crippen LogP contribution in [0.4, 0.5) is 10.1 Å². The van der Waals surface area contributed by atoms with E-state index >= 15 is 0 Å². The molecule has 3 amide bonds. The lowest BCUT2D eigenvalue weighted by molar-refractivity contribution is -0.128. The van der Waals surface area contributed by atoms with Crippen LogP contribution in [0.5, 0.6) is 5.75 Å². The highest BCUT2D eigenvalue weighted by molar-refractivity contribution is 7.80. The summed E-state index contributed by atoms with van der Waals surface area (Å²) in [5.41, 5.74) is 0.829. The Morgan fingerprint density at radius 1 is 1.27 bits per heavy atom. The number of carbonyl (C=O) groups is 3. The Balaban J connectivity index is 1.66. The number of rotatable bonds is 5. The van der Waals surface area contributed by atoms with E-state index in [1.54, 1.807) is 6.07 Å². The van der Waals surface area contributed by atoms with E-state index in [4.69, 9.17) is 28.6 Å². The van der Waals surface area contributed by atoms with Crippen LogP contribution in [-0.4, -0.2) is 41.4 Å². The lowest BCUT2D eigenvalue weighted by Crippen LogP contribution is -2.52. The third-order valence-electron chi connectivity index (χ3n) is 4.06. The Bertz CT molecular complexity index is 1070. The largest absolute Gasteiger partial charge is 0.482 e. The molecule has 154 valence electrons. The molecule has 0 radical (unpaired) electrons. The smallest absolute Gasteiger partial charge is 0.265 e. The molecule has 1 aliphatic heterocycles. The highest BCUT2D eigenvalue weighted by Crippen LogP contribution is 2.27. The molecule has 2 aromatic rings. The number of hydrogen-bond donors (Lipinski definition) is 2. The standard InChI is InChI=1S/C20H15ClFN3O4S/c1-25-19(28)14(18(27)24-20(25)30)8-11-2-7-16(15(21)9-11)29-10-17(26)23-13-5-3-12(22)4-6-13/h2-9H,10H2,1H3,(H,23,26)(H,24,27,30)/b14-8+. The van der Waals surface area contributed by atoms with E-state index in [9.17, 15) is 18.8 Å². The summed E-state index contributed by atoms with van der Waals surface area (Å²) in [5, 5.41) is 5.20. The van der Waals surface area contributed by atoms with Crippen LogP contribution < -0.4 is 15.4 Å². The summed E-state index contributed by atoms with van der Waals surface area (Å²) in [6.07, 6.45) is 1.38. The van der Waals surface area contributed by atoms with Gasteiger partial charge >= 0.3 is 0 Å². The van der Waals surface area contributed by atoms with Crippen molar-refractivity contribution in [2.45, 2.75) is 0 Å². The minimum atomic E-state index is -0.600. The van der Waals surface area contributed by atoms with Gasteiger partial charge in [-0.2, -0.15) is 0 Å². The predicted octanol–water partition coefficient (Wildman–Crippen LogP) is 2.75. The molecule has 0 unspecified atom stereocenters. The number of likely N-dealkylation sites (N-methyl/N-ethyl adjacent to an activating group) is 1. The molecule has 2 aromatic carbocycles. The van der Waals surface area contributed by atoms with Crippen molar-refractivity contribution in [3.8, 4) is 5.75 Å². The number of ether oxygens (including phenoxy) is 1. The maximum atomic E-state index is 12.9. The van der Waals surface area contributed by atoms with Crippen molar-refractivity contribution in [3.05, 3.63) is 64.4 Å². The van der Waals surface area contributed by atoms with Crippen molar-refractivity contribution in [3.63, 3.8) is 0 Å². The number of halogens is 2. The topological polar surface area (TPSA) is 87.7 Å². The van der Waals surface area contributed by atoms with E-state index < -0.39 is 23.5 Å². The number of amides is 3. The zero-order chi connectivity index (χ0) is 21.8. The van der Waals surface area contributed by atoms with Gasteiger partial charge < -0.3 is 10.1 Å². The molecule has 0 aromatic heterocycles. The van der Waals surface area contributed by atoms with Crippen LogP contribution in [0.25, 0.3) is 6.08 Å². The third kappa shape index (κ3) is 5.00. The first-order chi connectivity index (χ1) is 14.2. The zero-order valence-electron chi connectivity index (χ0n) is 15.6. The highest BCUT2D eigenvalue weighted by Gasteiger charge is 2.30. The Hall–Kier alpha value is -3.30. The minimum Gasteiger partial charge on any atom is -0.482 e. The third-order valence-corrected chi connectivity index (χ3v) is 4.73. The fourth-order valence-corrected chi connectivity index (χ4v) is 2.93. The van der Waals surface area contributed by atoms with Gasteiger partial charge in [0.15, 0.2) is 11.7 Å². The van der Waals surface area contributed by atoms with Crippen molar-refractivity contribution in [2.75, 3.05) is 19.0 Å². The number of nitrogens with zero attached hydrogens (tertiary/aromatic N) is 1. The summed E-state index contributed by atoms with van der Waals surface area (Å²) in [5.74, 6) is -1.75. The Morgan fingerprint density at radius 3 is 2.63 bits per heavy atom. The van der Waals surface area contributed by atoms with Gasteiger partial charge in [-0.25, -0.2) is 4.39 Å². The molecule has 10 heteroatoms. The number of hydrogen-bond acceptors (Lipinski definition) is 5. The first kappa shape index (κ1) is 21.4. The molecule has 0 aliphatic carbocycles. The Morgan fingerprint density at radius 2 is 1.97 bits per heavy atom. The van der Waals surface area contributed by atoms with Crippen molar-refractivity contribution >= 4 is 58.4 Å². The van der Waals surface area contributed by atoms with Crippen LogP contribution in [0.2, 0.25) is 5.02 Å². The number of nitrogens with one attached hydrogen (secondary N) is 2. The fourth-order valence-electron chi connectivity index (χ4n) is 2.51. The summed E-state index contributed by atoms with van der Waals surface area (Å²) in [4.78, 5) is 37.4. The van der Waals surface area contributed by atoms with Crippen LogP contribution in [0.1, 0.15) is 5.56 Å². The van der Waals surface area contributed by atoms with E-state index in [1.807, 2.05) is 0 Å². The summed E-state index contributed by atoms with van der Waals surface area (Å²) < 4.78 is 18.3. The van der Waals surface area contributed by atoms with Crippen LogP contribution in [0.15, 0.2) is 48.0 Å². The summed E-state index contributed by atoms with van der Waals surface area (Å²) in [6.45, 7) is -0.319.